The van der Waals surface area contributed by atoms with Crippen molar-refractivity contribution in [2.45, 2.75) is 26.7 Å². The van der Waals surface area contributed by atoms with E-state index in [4.69, 9.17) is 10.5 Å². The van der Waals surface area contributed by atoms with E-state index >= 15 is 0 Å². The number of carbonyl (C=O) groups is 1. The molecule has 0 aliphatic carbocycles. The predicted molar refractivity (Wildman–Crippen MR) is 81.0 cm³/mol. The number of rotatable bonds is 9. The summed E-state index contributed by atoms with van der Waals surface area (Å²) in [5, 5.41) is 7.01. The number of hydrogen-bond acceptors (Lipinski definition) is 5. The SMILES string of the molecule is CCCNC(=O)c1sc(NCCCOCC)cc1N. The first-order valence-electron chi connectivity index (χ1n) is 6.68. The standard InChI is InChI=1S/C13H23N3O2S/c1-3-6-16-13(17)12-10(14)9-11(19-12)15-7-5-8-18-4-2/h9,15H,3-8,14H2,1-2H3,(H,16,17). The van der Waals surface area contributed by atoms with Crippen LogP contribution >= 0.6 is 11.3 Å². The average Bonchev–Trinajstić information content (AvgIpc) is 2.77. The quantitative estimate of drug-likeness (QED) is 0.609. The van der Waals surface area contributed by atoms with E-state index in [-0.39, 0.29) is 5.91 Å². The largest absolute Gasteiger partial charge is 0.397 e. The number of amides is 1. The summed E-state index contributed by atoms with van der Waals surface area (Å²) in [6.07, 6.45) is 1.85. The van der Waals surface area contributed by atoms with E-state index in [1.165, 1.54) is 11.3 Å². The molecule has 0 atom stereocenters. The van der Waals surface area contributed by atoms with Crippen molar-refractivity contribution in [2.24, 2.45) is 0 Å². The first kappa shape index (κ1) is 15.8. The van der Waals surface area contributed by atoms with Crippen molar-refractivity contribution >= 4 is 27.9 Å². The summed E-state index contributed by atoms with van der Waals surface area (Å²) in [7, 11) is 0. The van der Waals surface area contributed by atoms with Gasteiger partial charge in [0.15, 0.2) is 0 Å². The number of thiophene rings is 1. The number of anilines is 2. The van der Waals surface area contributed by atoms with Crippen LogP contribution in [0.15, 0.2) is 6.07 Å². The summed E-state index contributed by atoms with van der Waals surface area (Å²) in [5.74, 6) is -0.0910. The number of nitrogens with one attached hydrogen (secondary N) is 2. The molecule has 1 rings (SSSR count). The summed E-state index contributed by atoms with van der Waals surface area (Å²) in [6.45, 7) is 6.98. The Kier molecular flexibility index (Phi) is 7.28. The summed E-state index contributed by atoms with van der Waals surface area (Å²) < 4.78 is 5.26. The molecular weight excluding hydrogens is 262 g/mol. The van der Waals surface area contributed by atoms with Crippen LogP contribution in [-0.2, 0) is 4.74 Å². The molecule has 5 nitrogen and oxygen atoms in total. The molecule has 6 heteroatoms. The lowest BCUT2D eigenvalue weighted by molar-refractivity contribution is 0.0958. The van der Waals surface area contributed by atoms with Crippen molar-refractivity contribution in [2.75, 3.05) is 37.4 Å². The molecule has 0 spiro atoms. The van der Waals surface area contributed by atoms with Gasteiger partial charge in [0.1, 0.15) is 4.88 Å². The Morgan fingerprint density at radius 3 is 2.89 bits per heavy atom. The van der Waals surface area contributed by atoms with Crippen molar-refractivity contribution in [3.63, 3.8) is 0 Å². The van der Waals surface area contributed by atoms with Crippen LogP contribution in [0, 0.1) is 0 Å². The van der Waals surface area contributed by atoms with Gasteiger partial charge in [-0.25, -0.2) is 0 Å². The van der Waals surface area contributed by atoms with Gasteiger partial charge in [-0.2, -0.15) is 0 Å². The van der Waals surface area contributed by atoms with Crippen LogP contribution in [0.4, 0.5) is 10.7 Å². The van der Waals surface area contributed by atoms with E-state index in [1.807, 2.05) is 19.9 Å². The highest BCUT2D eigenvalue weighted by Crippen LogP contribution is 2.28. The molecule has 1 aromatic heterocycles. The third-order valence-electron chi connectivity index (χ3n) is 2.47. The molecule has 0 aliphatic rings. The number of hydrogen-bond donors (Lipinski definition) is 3. The zero-order chi connectivity index (χ0) is 14.1. The van der Waals surface area contributed by atoms with Crippen LogP contribution in [0.25, 0.3) is 0 Å². The minimum atomic E-state index is -0.0910. The summed E-state index contributed by atoms with van der Waals surface area (Å²) in [4.78, 5) is 12.4. The van der Waals surface area contributed by atoms with Gasteiger partial charge in [-0.1, -0.05) is 6.92 Å². The van der Waals surface area contributed by atoms with E-state index in [1.54, 1.807) is 0 Å². The monoisotopic (exact) mass is 285 g/mol. The van der Waals surface area contributed by atoms with Crippen LogP contribution in [0.3, 0.4) is 0 Å². The summed E-state index contributed by atoms with van der Waals surface area (Å²) >= 11 is 1.39. The van der Waals surface area contributed by atoms with Gasteiger partial charge < -0.3 is 21.1 Å². The summed E-state index contributed by atoms with van der Waals surface area (Å²) in [5.41, 5.74) is 6.38. The maximum Gasteiger partial charge on any atom is 0.263 e. The molecular formula is C13H23N3O2S. The normalized spacial score (nSPS) is 10.4. The highest BCUT2D eigenvalue weighted by Gasteiger charge is 2.13. The molecule has 0 aromatic carbocycles. The number of carbonyl (C=O) groups excluding carboxylic acids is 1. The maximum atomic E-state index is 11.8. The second kappa shape index (κ2) is 8.77. The van der Waals surface area contributed by atoms with Crippen molar-refractivity contribution in [3.8, 4) is 0 Å². The van der Waals surface area contributed by atoms with E-state index in [2.05, 4.69) is 10.6 Å². The highest BCUT2D eigenvalue weighted by atomic mass is 32.1. The Morgan fingerprint density at radius 2 is 2.21 bits per heavy atom. The first-order chi connectivity index (χ1) is 9.19. The van der Waals surface area contributed by atoms with Crippen molar-refractivity contribution in [1.29, 1.82) is 0 Å². The summed E-state index contributed by atoms with van der Waals surface area (Å²) in [6, 6.07) is 1.81. The van der Waals surface area contributed by atoms with Crippen LogP contribution < -0.4 is 16.4 Å². The molecule has 4 N–H and O–H groups in total. The lowest BCUT2D eigenvalue weighted by Crippen LogP contribution is -2.23. The Labute approximate surface area is 118 Å². The zero-order valence-corrected chi connectivity index (χ0v) is 12.4. The molecule has 1 aromatic rings. The van der Waals surface area contributed by atoms with Crippen LogP contribution in [-0.4, -0.2) is 32.2 Å². The van der Waals surface area contributed by atoms with E-state index in [9.17, 15) is 4.79 Å². The predicted octanol–water partition coefficient (Wildman–Crippen LogP) is 2.31. The minimum Gasteiger partial charge on any atom is -0.397 e. The molecule has 0 saturated heterocycles. The lowest BCUT2D eigenvalue weighted by Gasteiger charge is -2.03. The third kappa shape index (κ3) is 5.48. The fourth-order valence-corrected chi connectivity index (χ4v) is 2.44. The van der Waals surface area contributed by atoms with Gasteiger partial charge in [0.25, 0.3) is 5.91 Å². The van der Waals surface area contributed by atoms with Gasteiger partial charge in [-0.05, 0) is 25.8 Å². The van der Waals surface area contributed by atoms with Gasteiger partial charge in [-0.3, -0.25) is 4.79 Å². The molecule has 0 fully saturated rings. The minimum absolute atomic E-state index is 0.0910. The highest BCUT2D eigenvalue weighted by molar-refractivity contribution is 7.18. The fourth-order valence-electron chi connectivity index (χ4n) is 1.52. The Hall–Kier alpha value is -1.27. The second-order valence-electron chi connectivity index (χ2n) is 4.13. The van der Waals surface area contributed by atoms with Crippen LogP contribution in [0.1, 0.15) is 36.4 Å². The van der Waals surface area contributed by atoms with Gasteiger partial charge in [0, 0.05) is 26.3 Å². The van der Waals surface area contributed by atoms with E-state index in [0.29, 0.717) is 17.1 Å². The number of nitrogen functional groups attached to an aromatic ring is 1. The molecule has 1 amide bonds. The van der Waals surface area contributed by atoms with Gasteiger partial charge in [0.2, 0.25) is 0 Å². The topological polar surface area (TPSA) is 76.4 Å². The van der Waals surface area contributed by atoms with Crippen molar-refractivity contribution < 1.29 is 9.53 Å². The molecule has 0 saturated carbocycles. The van der Waals surface area contributed by atoms with Crippen molar-refractivity contribution in [1.82, 2.24) is 5.32 Å². The molecule has 0 radical (unpaired) electrons. The van der Waals surface area contributed by atoms with Crippen LogP contribution in [0.2, 0.25) is 0 Å². The van der Waals surface area contributed by atoms with E-state index < -0.39 is 0 Å². The lowest BCUT2D eigenvalue weighted by atomic mass is 10.3. The smallest absolute Gasteiger partial charge is 0.263 e. The molecule has 1 heterocycles. The molecule has 0 unspecified atom stereocenters. The average molecular weight is 285 g/mol. The number of ether oxygens (including phenoxy) is 1. The molecule has 0 aliphatic heterocycles. The molecule has 19 heavy (non-hydrogen) atoms. The van der Waals surface area contributed by atoms with Gasteiger partial charge >= 0.3 is 0 Å². The van der Waals surface area contributed by atoms with E-state index in [0.717, 1.165) is 37.6 Å². The second-order valence-corrected chi connectivity index (χ2v) is 5.18. The first-order valence-corrected chi connectivity index (χ1v) is 7.49. The molecule has 108 valence electrons. The van der Waals surface area contributed by atoms with Gasteiger partial charge in [0.05, 0.1) is 10.7 Å². The van der Waals surface area contributed by atoms with Gasteiger partial charge in [-0.15, -0.1) is 11.3 Å². The Morgan fingerprint density at radius 1 is 1.42 bits per heavy atom. The van der Waals surface area contributed by atoms with Crippen LogP contribution in [0.5, 0.6) is 0 Å². The maximum absolute atomic E-state index is 11.8. The fraction of sp³-hybridized carbons (Fsp3) is 0.615. The number of nitrogens with two attached hydrogens (primary N) is 1. The Bertz CT molecular complexity index is 393. The zero-order valence-electron chi connectivity index (χ0n) is 11.6. The van der Waals surface area contributed by atoms with Crippen molar-refractivity contribution in [3.05, 3.63) is 10.9 Å². The Balaban J connectivity index is 2.42. The third-order valence-corrected chi connectivity index (χ3v) is 3.58. The molecule has 0 bridgehead atoms.